The molecule has 1 fully saturated rings. The Balaban J connectivity index is 1.82. The highest BCUT2D eigenvalue weighted by molar-refractivity contribution is 7.11. The van der Waals surface area contributed by atoms with Crippen LogP contribution in [0.2, 0.25) is 0 Å². The van der Waals surface area contributed by atoms with Crippen molar-refractivity contribution in [2.75, 3.05) is 6.54 Å². The van der Waals surface area contributed by atoms with E-state index in [1.54, 1.807) is 11.3 Å². The first-order valence-electron chi connectivity index (χ1n) is 7.02. The Morgan fingerprint density at radius 2 is 2.21 bits per heavy atom. The van der Waals surface area contributed by atoms with Crippen LogP contribution in [0.1, 0.15) is 48.4 Å². The third kappa shape index (κ3) is 4.01. The molecule has 1 heterocycles. The maximum absolute atomic E-state index is 12.1. The number of aromatic nitrogens is 1. The summed E-state index contributed by atoms with van der Waals surface area (Å²) in [7, 11) is 0. The predicted molar refractivity (Wildman–Crippen MR) is 77.9 cm³/mol. The molecular weight excluding hydrogens is 258 g/mol. The number of carbonyl (C=O) groups is 1. The number of hydrogen-bond donors (Lipinski definition) is 2. The van der Waals surface area contributed by atoms with E-state index < -0.39 is 0 Å². The fourth-order valence-electron chi connectivity index (χ4n) is 2.82. The second-order valence-corrected chi connectivity index (χ2v) is 6.90. The van der Waals surface area contributed by atoms with Gasteiger partial charge in [0, 0.05) is 17.5 Å². The molecule has 5 heteroatoms. The maximum Gasteiger partial charge on any atom is 0.220 e. The maximum atomic E-state index is 12.1. The van der Waals surface area contributed by atoms with Gasteiger partial charge in [-0.1, -0.05) is 19.3 Å². The van der Waals surface area contributed by atoms with Gasteiger partial charge < -0.3 is 11.1 Å². The average molecular weight is 281 g/mol. The van der Waals surface area contributed by atoms with Gasteiger partial charge in [-0.3, -0.25) is 4.79 Å². The van der Waals surface area contributed by atoms with Crippen LogP contribution in [0, 0.1) is 12.3 Å². The van der Waals surface area contributed by atoms with Gasteiger partial charge in [0.05, 0.1) is 6.54 Å². The van der Waals surface area contributed by atoms with E-state index in [-0.39, 0.29) is 11.3 Å². The van der Waals surface area contributed by atoms with Crippen LogP contribution in [0.5, 0.6) is 0 Å². The molecule has 1 aliphatic rings. The lowest BCUT2D eigenvalue weighted by Gasteiger charge is -2.35. The Kier molecular flexibility index (Phi) is 4.93. The number of aryl methyl sites for hydroxylation is 1. The Bertz CT molecular complexity index is 424. The normalized spacial score (nSPS) is 18.2. The molecule has 1 amide bonds. The van der Waals surface area contributed by atoms with Gasteiger partial charge in [0.25, 0.3) is 0 Å². The fourth-order valence-corrected chi connectivity index (χ4v) is 3.54. The van der Waals surface area contributed by atoms with Gasteiger partial charge in [-0.25, -0.2) is 4.98 Å². The van der Waals surface area contributed by atoms with Gasteiger partial charge in [-0.15, -0.1) is 11.3 Å². The number of rotatable bonds is 5. The Hall–Kier alpha value is -0.940. The van der Waals surface area contributed by atoms with Crippen molar-refractivity contribution in [2.45, 2.75) is 52.0 Å². The molecule has 0 saturated heterocycles. The summed E-state index contributed by atoms with van der Waals surface area (Å²) in [6.07, 6.45) is 8.27. The molecule has 19 heavy (non-hydrogen) atoms. The van der Waals surface area contributed by atoms with Crippen molar-refractivity contribution in [3.05, 3.63) is 16.1 Å². The minimum Gasteiger partial charge on any atom is -0.350 e. The fraction of sp³-hybridized carbons (Fsp3) is 0.714. The Morgan fingerprint density at radius 1 is 1.47 bits per heavy atom. The lowest BCUT2D eigenvalue weighted by atomic mass is 9.72. The number of carbonyl (C=O) groups excluding carboxylic acids is 1. The predicted octanol–water partition coefficient (Wildman–Crippen LogP) is 2.37. The first-order valence-corrected chi connectivity index (χ1v) is 7.83. The standard InChI is InChI=1S/C14H23N3OS/c1-11-8-17-13(19-11)9-16-12(18)7-14(10-15)5-3-2-4-6-14/h8H,2-7,9-10,15H2,1H3,(H,16,18). The van der Waals surface area contributed by atoms with E-state index in [0.29, 0.717) is 19.5 Å². The third-order valence-corrected chi connectivity index (χ3v) is 4.90. The van der Waals surface area contributed by atoms with Gasteiger partial charge in [0.15, 0.2) is 0 Å². The number of amides is 1. The zero-order valence-corrected chi connectivity index (χ0v) is 12.4. The van der Waals surface area contributed by atoms with Crippen molar-refractivity contribution in [3.63, 3.8) is 0 Å². The van der Waals surface area contributed by atoms with Crippen LogP contribution in [0.15, 0.2) is 6.20 Å². The van der Waals surface area contributed by atoms with Crippen molar-refractivity contribution in [1.29, 1.82) is 0 Å². The highest BCUT2D eigenvalue weighted by Crippen LogP contribution is 2.38. The second-order valence-electron chi connectivity index (χ2n) is 5.58. The topological polar surface area (TPSA) is 68.0 Å². The van der Waals surface area contributed by atoms with Gasteiger partial charge >= 0.3 is 0 Å². The van der Waals surface area contributed by atoms with E-state index in [2.05, 4.69) is 10.3 Å². The summed E-state index contributed by atoms with van der Waals surface area (Å²) in [4.78, 5) is 17.5. The SMILES string of the molecule is Cc1cnc(CNC(=O)CC2(CN)CCCCC2)s1. The first-order chi connectivity index (χ1) is 9.13. The van der Waals surface area contributed by atoms with Gasteiger partial charge in [0.1, 0.15) is 5.01 Å². The van der Waals surface area contributed by atoms with Crippen LogP contribution in [-0.2, 0) is 11.3 Å². The summed E-state index contributed by atoms with van der Waals surface area (Å²) < 4.78 is 0. The molecule has 0 radical (unpaired) electrons. The highest BCUT2D eigenvalue weighted by atomic mass is 32.1. The summed E-state index contributed by atoms with van der Waals surface area (Å²) in [6, 6.07) is 0. The van der Waals surface area contributed by atoms with Crippen molar-refractivity contribution in [3.8, 4) is 0 Å². The molecule has 0 aromatic carbocycles. The summed E-state index contributed by atoms with van der Waals surface area (Å²) in [5, 5.41) is 3.94. The molecule has 0 bridgehead atoms. The molecule has 0 atom stereocenters. The van der Waals surface area contributed by atoms with Gasteiger partial charge in [-0.05, 0) is 31.7 Å². The smallest absolute Gasteiger partial charge is 0.220 e. The number of nitrogens with two attached hydrogens (primary N) is 1. The van der Waals surface area contributed by atoms with Gasteiger partial charge in [-0.2, -0.15) is 0 Å². The first kappa shape index (κ1) is 14.5. The van der Waals surface area contributed by atoms with Gasteiger partial charge in [0.2, 0.25) is 5.91 Å². The molecule has 1 aromatic rings. The molecule has 0 unspecified atom stereocenters. The van der Waals surface area contributed by atoms with E-state index in [1.807, 2.05) is 13.1 Å². The third-order valence-electron chi connectivity index (χ3n) is 3.99. The quantitative estimate of drug-likeness (QED) is 0.870. The zero-order chi connectivity index (χ0) is 13.7. The number of thiazole rings is 1. The summed E-state index contributed by atoms with van der Waals surface area (Å²) in [6.45, 7) is 3.18. The van der Waals surface area contributed by atoms with Crippen molar-refractivity contribution >= 4 is 17.2 Å². The number of hydrogen-bond acceptors (Lipinski definition) is 4. The van der Waals surface area contributed by atoms with Crippen LogP contribution in [0.25, 0.3) is 0 Å². The number of nitrogens with one attached hydrogen (secondary N) is 1. The van der Waals surface area contributed by atoms with Crippen molar-refractivity contribution < 1.29 is 4.79 Å². The minimum atomic E-state index is 0.0428. The summed E-state index contributed by atoms with van der Waals surface area (Å²) in [5.74, 6) is 0.111. The minimum absolute atomic E-state index is 0.0428. The molecule has 4 nitrogen and oxygen atoms in total. The lowest BCUT2D eigenvalue weighted by Crippen LogP contribution is -2.38. The highest BCUT2D eigenvalue weighted by Gasteiger charge is 2.32. The van der Waals surface area contributed by atoms with Crippen LogP contribution < -0.4 is 11.1 Å². The Morgan fingerprint density at radius 3 is 2.79 bits per heavy atom. The average Bonchev–Trinajstić information content (AvgIpc) is 2.83. The summed E-state index contributed by atoms with van der Waals surface area (Å²) in [5.41, 5.74) is 5.95. The molecule has 1 aromatic heterocycles. The molecule has 0 aliphatic heterocycles. The Labute approximate surface area is 118 Å². The van der Waals surface area contributed by atoms with Crippen LogP contribution in [0.3, 0.4) is 0 Å². The molecule has 0 spiro atoms. The van der Waals surface area contributed by atoms with E-state index in [9.17, 15) is 4.79 Å². The second kappa shape index (κ2) is 6.48. The molecule has 3 N–H and O–H groups in total. The lowest BCUT2D eigenvalue weighted by molar-refractivity contribution is -0.124. The van der Waals surface area contributed by atoms with Crippen LogP contribution >= 0.6 is 11.3 Å². The number of nitrogens with zero attached hydrogens (tertiary/aromatic N) is 1. The van der Waals surface area contributed by atoms with E-state index in [1.165, 1.54) is 24.1 Å². The van der Waals surface area contributed by atoms with Crippen molar-refractivity contribution in [1.82, 2.24) is 10.3 Å². The molecule has 2 rings (SSSR count). The monoisotopic (exact) mass is 281 g/mol. The van der Waals surface area contributed by atoms with Crippen LogP contribution in [-0.4, -0.2) is 17.4 Å². The molecular formula is C14H23N3OS. The summed E-state index contributed by atoms with van der Waals surface area (Å²) >= 11 is 1.63. The molecule has 1 aliphatic carbocycles. The molecule has 1 saturated carbocycles. The molecule has 106 valence electrons. The van der Waals surface area contributed by atoms with E-state index in [0.717, 1.165) is 17.8 Å². The largest absolute Gasteiger partial charge is 0.350 e. The van der Waals surface area contributed by atoms with E-state index in [4.69, 9.17) is 5.73 Å². The zero-order valence-electron chi connectivity index (χ0n) is 11.6. The van der Waals surface area contributed by atoms with Crippen molar-refractivity contribution in [2.24, 2.45) is 11.1 Å². The van der Waals surface area contributed by atoms with E-state index >= 15 is 0 Å². The van der Waals surface area contributed by atoms with Crippen LogP contribution in [0.4, 0.5) is 0 Å².